The average molecular weight is 348 g/mol. The van der Waals surface area contributed by atoms with Crippen molar-refractivity contribution in [2.24, 2.45) is 0 Å². The van der Waals surface area contributed by atoms with Gasteiger partial charge in [-0.05, 0) is 36.4 Å². The molecule has 3 aromatic rings. The van der Waals surface area contributed by atoms with Crippen LogP contribution in [0.5, 0.6) is 0 Å². The summed E-state index contributed by atoms with van der Waals surface area (Å²) in [7, 11) is 0. The number of nitrogen functional groups attached to an aromatic ring is 1. The average Bonchev–Trinajstić information content (AvgIpc) is 3.07. The summed E-state index contributed by atoms with van der Waals surface area (Å²) in [6.45, 7) is 0. The van der Waals surface area contributed by atoms with Crippen LogP contribution >= 0.6 is 23.2 Å². The van der Waals surface area contributed by atoms with E-state index in [9.17, 15) is 4.79 Å². The number of anilines is 2. The fourth-order valence-corrected chi connectivity index (χ4v) is 2.45. The first-order chi connectivity index (χ1) is 11.0. The fraction of sp³-hybridized carbons (Fsp3) is 0. The van der Waals surface area contributed by atoms with Crippen LogP contribution in [0.15, 0.2) is 49.1 Å². The van der Waals surface area contributed by atoms with E-state index in [1.165, 1.54) is 6.33 Å². The first-order valence-corrected chi connectivity index (χ1v) is 7.31. The summed E-state index contributed by atoms with van der Waals surface area (Å²) < 4.78 is 1.60. The summed E-state index contributed by atoms with van der Waals surface area (Å²) >= 11 is 11.9. The van der Waals surface area contributed by atoms with Gasteiger partial charge in [0.1, 0.15) is 12.7 Å². The van der Waals surface area contributed by atoms with Crippen LogP contribution in [0.1, 0.15) is 10.4 Å². The number of amides is 1. The summed E-state index contributed by atoms with van der Waals surface area (Å²) in [4.78, 5) is 16.1. The number of nitrogens with two attached hydrogens (primary N) is 1. The van der Waals surface area contributed by atoms with Gasteiger partial charge in [0.2, 0.25) is 0 Å². The Labute approximate surface area is 141 Å². The Morgan fingerprint density at radius 1 is 1.13 bits per heavy atom. The lowest BCUT2D eigenvalue weighted by atomic mass is 10.2. The van der Waals surface area contributed by atoms with Crippen LogP contribution in [0.2, 0.25) is 10.0 Å². The van der Waals surface area contributed by atoms with Crippen molar-refractivity contribution >= 4 is 40.5 Å². The van der Waals surface area contributed by atoms with Crippen molar-refractivity contribution in [1.82, 2.24) is 14.8 Å². The van der Waals surface area contributed by atoms with E-state index >= 15 is 0 Å². The number of halogens is 2. The van der Waals surface area contributed by atoms with Gasteiger partial charge in [-0.15, -0.1) is 0 Å². The molecule has 8 heteroatoms. The third-order valence-electron chi connectivity index (χ3n) is 3.15. The molecule has 0 unspecified atom stereocenters. The van der Waals surface area contributed by atoms with Gasteiger partial charge in [-0.25, -0.2) is 9.67 Å². The fourth-order valence-electron chi connectivity index (χ4n) is 1.97. The maximum atomic E-state index is 12.3. The predicted molar refractivity (Wildman–Crippen MR) is 90.2 cm³/mol. The minimum absolute atomic E-state index is 0.281. The van der Waals surface area contributed by atoms with Gasteiger partial charge in [-0.3, -0.25) is 4.79 Å². The second kappa shape index (κ2) is 6.28. The number of hydrogen-bond donors (Lipinski definition) is 2. The number of carbonyl (C=O) groups is 1. The predicted octanol–water partition coefficient (Wildman–Crippen LogP) is 3.41. The van der Waals surface area contributed by atoms with E-state index in [1.54, 1.807) is 47.4 Å². The quantitative estimate of drug-likeness (QED) is 0.711. The Balaban J connectivity index is 1.78. The maximum absolute atomic E-state index is 12.3. The summed E-state index contributed by atoms with van der Waals surface area (Å²) in [5.74, 6) is -0.285. The van der Waals surface area contributed by atoms with Crippen LogP contribution in [-0.2, 0) is 0 Å². The number of nitrogens with zero attached hydrogens (tertiary/aromatic N) is 3. The van der Waals surface area contributed by atoms with Crippen LogP contribution in [0.3, 0.4) is 0 Å². The molecule has 6 nitrogen and oxygen atoms in total. The second-order valence-corrected chi connectivity index (χ2v) is 5.51. The van der Waals surface area contributed by atoms with Gasteiger partial charge >= 0.3 is 0 Å². The van der Waals surface area contributed by atoms with Crippen molar-refractivity contribution in [3.63, 3.8) is 0 Å². The zero-order valence-corrected chi connectivity index (χ0v) is 13.2. The smallest absolute Gasteiger partial charge is 0.255 e. The molecule has 0 spiro atoms. The molecule has 0 saturated heterocycles. The number of benzene rings is 2. The van der Waals surface area contributed by atoms with E-state index < -0.39 is 0 Å². The molecule has 23 heavy (non-hydrogen) atoms. The van der Waals surface area contributed by atoms with Crippen molar-refractivity contribution in [3.05, 3.63) is 64.7 Å². The summed E-state index contributed by atoms with van der Waals surface area (Å²) in [5.41, 5.74) is 7.71. The molecular weight excluding hydrogens is 337 g/mol. The van der Waals surface area contributed by atoms with Gasteiger partial charge in [-0.2, -0.15) is 5.10 Å². The largest absolute Gasteiger partial charge is 0.396 e. The lowest BCUT2D eigenvalue weighted by molar-refractivity contribution is 0.102. The second-order valence-electron chi connectivity index (χ2n) is 4.69. The van der Waals surface area contributed by atoms with Crippen molar-refractivity contribution in [2.75, 3.05) is 11.1 Å². The molecule has 0 aliphatic carbocycles. The number of aromatic nitrogens is 3. The van der Waals surface area contributed by atoms with E-state index in [0.29, 0.717) is 11.3 Å². The van der Waals surface area contributed by atoms with Crippen LogP contribution in [0, 0.1) is 0 Å². The van der Waals surface area contributed by atoms with Gasteiger partial charge < -0.3 is 11.1 Å². The Bertz CT molecular complexity index is 824. The summed E-state index contributed by atoms with van der Waals surface area (Å²) in [6.07, 6.45) is 3.02. The minimum Gasteiger partial charge on any atom is -0.396 e. The zero-order chi connectivity index (χ0) is 16.4. The highest BCUT2D eigenvalue weighted by molar-refractivity contribution is 6.39. The molecule has 1 aromatic heterocycles. The molecule has 0 radical (unpaired) electrons. The molecule has 0 bridgehead atoms. The highest BCUT2D eigenvalue weighted by atomic mass is 35.5. The van der Waals surface area contributed by atoms with E-state index in [0.717, 1.165) is 5.69 Å². The molecule has 116 valence electrons. The van der Waals surface area contributed by atoms with E-state index in [1.807, 2.05) is 0 Å². The topological polar surface area (TPSA) is 85.8 Å². The summed E-state index contributed by atoms with van der Waals surface area (Å²) in [6, 6.07) is 10.0. The Morgan fingerprint density at radius 3 is 2.35 bits per heavy atom. The SMILES string of the molecule is Nc1c(Cl)cc(NC(=O)c2ccc(-n3cncn3)cc2)cc1Cl. The lowest BCUT2D eigenvalue weighted by Gasteiger charge is -2.09. The Kier molecular flexibility index (Phi) is 4.18. The van der Waals surface area contributed by atoms with Crippen molar-refractivity contribution in [3.8, 4) is 5.69 Å². The molecule has 2 aromatic carbocycles. The molecule has 3 rings (SSSR count). The standard InChI is InChI=1S/C15H11Cl2N5O/c16-12-5-10(6-13(17)14(12)18)21-15(23)9-1-3-11(4-2-9)22-8-19-7-20-22/h1-8H,18H2,(H,21,23). The van der Waals surface area contributed by atoms with Gasteiger partial charge in [0.05, 0.1) is 21.4 Å². The maximum Gasteiger partial charge on any atom is 0.255 e. The molecule has 0 aliphatic heterocycles. The van der Waals surface area contributed by atoms with E-state index in [-0.39, 0.29) is 21.6 Å². The third-order valence-corrected chi connectivity index (χ3v) is 3.78. The van der Waals surface area contributed by atoms with Gasteiger partial charge in [0, 0.05) is 11.3 Å². The summed E-state index contributed by atoms with van der Waals surface area (Å²) in [5, 5.41) is 7.32. The minimum atomic E-state index is -0.285. The van der Waals surface area contributed by atoms with E-state index in [2.05, 4.69) is 15.4 Å². The molecule has 0 aliphatic rings. The molecular formula is C15H11Cl2N5O. The normalized spacial score (nSPS) is 10.5. The van der Waals surface area contributed by atoms with Crippen molar-refractivity contribution < 1.29 is 4.79 Å². The van der Waals surface area contributed by atoms with E-state index in [4.69, 9.17) is 28.9 Å². The van der Waals surface area contributed by atoms with Crippen LogP contribution in [-0.4, -0.2) is 20.7 Å². The van der Waals surface area contributed by atoms with Gasteiger partial charge in [0.25, 0.3) is 5.91 Å². The lowest BCUT2D eigenvalue weighted by Crippen LogP contribution is -2.12. The third kappa shape index (κ3) is 3.28. The molecule has 1 heterocycles. The van der Waals surface area contributed by atoms with Crippen LogP contribution in [0.25, 0.3) is 5.69 Å². The number of nitrogens with one attached hydrogen (secondary N) is 1. The highest BCUT2D eigenvalue weighted by Crippen LogP contribution is 2.31. The highest BCUT2D eigenvalue weighted by Gasteiger charge is 2.10. The van der Waals surface area contributed by atoms with Crippen LogP contribution < -0.4 is 11.1 Å². The zero-order valence-electron chi connectivity index (χ0n) is 11.7. The van der Waals surface area contributed by atoms with Crippen molar-refractivity contribution in [1.29, 1.82) is 0 Å². The van der Waals surface area contributed by atoms with Gasteiger partial charge in [0.15, 0.2) is 0 Å². The Hall–Kier alpha value is -2.57. The number of carbonyl (C=O) groups excluding carboxylic acids is 1. The molecule has 1 amide bonds. The van der Waals surface area contributed by atoms with Crippen LogP contribution in [0.4, 0.5) is 11.4 Å². The monoisotopic (exact) mass is 347 g/mol. The van der Waals surface area contributed by atoms with Crippen molar-refractivity contribution in [2.45, 2.75) is 0 Å². The molecule has 0 atom stereocenters. The number of rotatable bonds is 3. The molecule has 0 fully saturated rings. The first kappa shape index (κ1) is 15.3. The molecule has 3 N–H and O–H groups in total. The Morgan fingerprint density at radius 2 is 1.78 bits per heavy atom. The first-order valence-electron chi connectivity index (χ1n) is 6.55. The molecule has 0 saturated carbocycles. The van der Waals surface area contributed by atoms with Gasteiger partial charge in [-0.1, -0.05) is 23.2 Å². The number of hydrogen-bond acceptors (Lipinski definition) is 4.